The Morgan fingerprint density at radius 3 is 2.67 bits per heavy atom. The SMILES string of the molecule is COC(=O)c1cc(NCC2(C#N)CC2)c([N+](=O)[O-])c(OC(F)F)c1. The summed E-state index contributed by atoms with van der Waals surface area (Å²) in [6.07, 6.45) is 1.25. The maximum Gasteiger partial charge on any atom is 0.387 e. The molecule has 24 heavy (non-hydrogen) atoms. The van der Waals surface area contributed by atoms with Crippen molar-refractivity contribution in [2.24, 2.45) is 5.41 Å². The van der Waals surface area contributed by atoms with Crippen LogP contribution in [0.1, 0.15) is 23.2 Å². The first-order valence-corrected chi connectivity index (χ1v) is 6.82. The molecule has 0 aliphatic heterocycles. The standard InChI is InChI=1S/C14H13F2N3O5/c1-23-12(20)8-4-9(18-7-14(6-17)2-3-14)11(19(21)22)10(5-8)24-13(15)16/h4-5,13,18H,2-3,7H2,1H3. The van der Waals surface area contributed by atoms with Crippen LogP contribution in [0.15, 0.2) is 12.1 Å². The van der Waals surface area contributed by atoms with Crippen molar-refractivity contribution in [3.63, 3.8) is 0 Å². The van der Waals surface area contributed by atoms with Crippen molar-refractivity contribution >= 4 is 17.3 Å². The number of halogens is 2. The van der Waals surface area contributed by atoms with Gasteiger partial charge in [-0.15, -0.1) is 0 Å². The highest BCUT2D eigenvalue weighted by molar-refractivity contribution is 5.93. The van der Waals surface area contributed by atoms with E-state index in [9.17, 15) is 23.7 Å². The highest BCUT2D eigenvalue weighted by Gasteiger charge is 2.43. The predicted molar refractivity (Wildman–Crippen MR) is 76.8 cm³/mol. The fraction of sp³-hybridized carbons (Fsp3) is 0.429. The number of hydrogen-bond acceptors (Lipinski definition) is 7. The lowest BCUT2D eigenvalue weighted by Crippen LogP contribution is -2.16. The fourth-order valence-electron chi connectivity index (χ4n) is 2.10. The molecule has 1 saturated carbocycles. The summed E-state index contributed by atoms with van der Waals surface area (Å²) in [7, 11) is 1.08. The summed E-state index contributed by atoms with van der Waals surface area (Å²) in [5.74, 6) is -1.63. The van der Waals surface area contributed by atoms with Gasteiger partial charge >= 0.3 is 18.3 Å². The first-order valence-electron chi connectivity index (χ1n) is 6.82. The highest BCUT2D eigenvalue weighted by Crippen LogP contribution is 2.46. The molecule has 128 valence electrons. The maximum atomic E-state index is 12.5. The molecule has 0 heterocycles. The molecule has 1 fully saturated rings. The zero-order valence-corrected chi connectivity index (χ0v) is 12.5. The van der Waals surface area contributed by atoms with E-state index in [-0.39, 0.29) is 17.8 Å². The van der Waals surface area contributed by atoms with Gasteiger partial charge in [-0.2, -0.15) is 14.0 Å². The van der Waals surface area contributed by atoms with Crippen LogP contribution in [0.2, 0.25) is 0 Å². The third-order valence-electron chi connectivity index (χ3n) is 3.60. The lowest BCUT2D eigenvalue weighted by molar-refractivity contribution is -0.385. The lowest BCUT2D eigenvalue weighted by atomic mass is 10.1. The minimum Gasteiger partial charge on any atom is -0.465 e. The molecular formula is C14H13F2N3O5. The molecule has 1 aliphatic carbocycles. The molecule has 0 aromatic heterocycles. The number of nitro groups is 1. The normalized spacial score (nSPS) is 14.6. The third kappa shape index (κ3) is 3.68. The summed E-state index contributed by atoms with van der Waals surface area (Å²) in [5, 5.41) is 23.0. The molecule has 0 amide bonds. The van der Waals surface area contributed by atoms with Crippen molar-refractivity contribution in [3.8, 4) is 11.8 Å². The van der Waals surface area contributed by atoms with Crippen LogP contribution in [0.25, 0.3) is 0 Å². The molecule has 1 N–H and O–H groups in total. The van der Waals surface area contributed by atoms with E-state index in [1.807, 2.05) is 0 Å². The Morgan fingerprint density at radius 1 is 1.54 bits per heavy atom. The fourth-order valence-corrected chi connectivity index (χ4v) is 2.10. The van der Waals surface area contributed by atoms with Crippen molar-refractivity contribution < 1.29 is 28.0 Å². The van der Waals surface area contributed by atoms with Gasteiger partial charge in [0, 0.05) is 12.6 Å². The van der Waals surface area contributed by atoms with Gasteiger partial charge < -0.3 is 14.8 Å². The molecule has 10 heteroatoms. The zero-order chi connectivity index (χ0) is 17.9. The number of ether oxygens (including phenoxy) is 2. The number of rotatable bonds is 7. The number of esters is 1. The van der Waals surface area contributed by atoms with Crippen molar-refractivity contribution in [1.82, 2.24) is 0 Å². The lowest BCUT2D eigenvalue weighted by Gasteiger charge is -2.14. The van der Waals surface area contributed by atoms with Gasteiger partial charge in [0.25, 0.3) is 0 Å². The van der Waals surface area contributed by atoms with Crippen LogP contribution in [0, 0.1) is 26.9 Å². The highest BCUT2D eigenvalue weighted by atomic mass is 19.3. The van der Waals surface area contributed by atoms with Crippen LogP contribution in [0.4, 0.5) is 20.2 Å². The van der Waals surface area contributed by atoms with E-state index in [4.69, 9.17) is 5.26 Å². The van der Waals surface area contributed by atoms with Gasteiger partial charge in [-0.3, -0.25) is 10.1 Å². The van der Waals surface area contributed by atoms with Crippen molar-refractivity contribution in [1.29, 1.82) is 5.26 Å². The summed E-state index contributed by atoms with van der Waals surface area (Å²) in [6.45, 7) is -3.22. The van der Waals surface area contributed by atoms with E-state index in [1.54, 1.807) is 0 Å². The number of hydrogen-bond donors (Lipinski definition) is 1. The van der Waals surface area contributed by atoms with Gasteiger partial charge in [-0.05, 0) is 18.9 Å². The molecule has 2 rings (SSSR count). The van der Waals surface area contributed by atoms with E-state index in [0.29, 0.717) is 12.8 Å². The molecule has 1 aromatic rings. The van der Waals surface area contributed by atoms with Gasteiger partial charge in [0.15, 0.2) is 0 Å². The van der Waals surface area contributed by atoms with Crippen LogP contribution >= 0.6 is 0 Å². The van der Waals surface area contributed by atoms with Crippen LogP contribution in [0.5, 0.6) is 5.75 Å². The molecule has 0 atom stereocenters. The number of carbonyl (C=O) groups is 1. The first kappa shape index (κ1) is 17.4. The van der Waals surface area contributed by atoms with E-state index in [0.717, 1.165) is 19.2 Å². The second-order valence-electron chi connectivity index (χ2n) is 5.24. The molecular weight excluding hydrogens is 328 g/mol. The van der Waals surface area contributed by atoms with Crippen LogP contribution in [0.3, 0.4) is 0 Å². The molecule has 1 aromatic carbocycles. The summed E-state index contributed by atoms with van der Waals surface area (Å²) in [4.78, 5) is 22.0. The average molecular weight is 341 g/mol. The van der Waals surface area contributed by atoms with Crippen LogP contribution in [-0.2, 0) is 4.74 Å². The second kappa shape index (κ2) is 6.66. The molecule has 0 unspecified atom stereocenters. The van der Waals surface area contributed by atoms with E-state index in [2.05, 4.69) is 20.9 Å². The Hall–Kier alpha value is -2.96. The monoisotopic (exact) mass is 341 g/mol. The number of nitriles is 1. The van der Waals surface area contributed by atoms with Gasteiger partial charge in [0.2, 0.25) is 5.75 Å². The van der Waals surface area contributed by atoms with Gasteiger partial charge in [0.1, 0.15) is 5.69 Å². The largest absolute Gasteiger partial charge is 0.465 e. The number of alkyl halides is 2. The quantitative estimate of drug-likeness (QED) is 0.460. The summed E-state index contributed by atoms with van der Waals surface area (Å²) < 4.78 is 33.7. The molecule has 0 saturated heterocycles. The third-order valence-corrected chi connectivity index (χ3v) is 3.60. The number of anilines is 1. The molecule has 0 bridgehead atoms. The Balaban J connectivity index is 2.45. The Morgan fingerprint density at radius 2 is 2.21 bits per heavy atom. The minimum absolute atomic E-state index is 0.0864. The molecule has 0 spiro atoms. The molecule has 8 nitrogen and oxygen atoms in total. The minimum atomic E-state index is -3.31. The molecule has 0 radical (unpaired) electrons. The summed E-state index contributed by atoms with van der Waals surface area (Å²) >= 11 is 0. The molecule has 1 aliphatic rings. The topological polar surface area (TPSA) is 114 Å². The number of nitro benzene ring substituents is 1. The van der Waals surface area contributed by atoms with E-state index < -0.39 is 34.4 Å². The first-order chi connectivity index (χ1) is 11.3. The second-order valence-corrected chi connectivity index (χ2v) is 5.24. The predicted octanol–water partition coefficient (Wildman–Crippen LogP) is 2.70. The number of nitrogens with one attached hydrogen (secondary N) is 1. The Kier molecular flexibility index (Phi) is 4.82. The van der Waals surface area contributed by atoms with Gasteiger partial charge in [-0.1, -0.05) is 0 Å². The van der Waals surface area contributed by atoms with Crippen LogP contribution in [-0.4, -0.2) is 31.2 Å². The Labute approximate surface area is 135 Å². The van der Waals surface area contributed by atoms with Crippen molar-refractivity contribution in [2.75, 3.05) is 19.0 Å². The Bertz CT molecular complexity index is 713. The smallest absolute Gasteiger partial charge is 0.387 e. The number of carbonyl (C=O) groups excluding carboxylic acids is 1. The zero-order valence-electron chi connectivity index (χ0n) is 12.5. The van der Waals surface area contributed by atoms with Crippen LogP contribution < -0.4 is 10.1 Å². The van der Waals surface area contributed by atoms with Crippen molar-refractivity contribution in [3.05, 3.63) is 27.8 Å². The average Bonchev–Trinajstić information content (AvgIpc) is 3.31. The van der Waals surface area contributed by atoms with Crippen molar-refractivity contribution in [2.45, 2.75) is 19.5 Å². The number of nitrogens with zero attached hydrogens (tertiary/aromatic N) is 2. The van der Waals surface area contributed by atoms with Gasteiger partial charge in [-0.25, -0.2) is 4.79 Å². The van der Waals surface area contributed by atoms with E-state index in [1.165, 1.54) is 0 Å². The number of methoxy groups -OCH3 is 1. The van der Waals surface area contributed by atoms with Gasteiger partial charge in [0.05, 0.1) is 29.1 Å². The van der Waals surface area contributed by atoms with E-state index >= 15 is 0 Å². The summed E-state index contributed by atoms with van der Waals surface area (Å²) in [5.41, 5.74) is -1.77. The number of benzene rings is 1. The summed E-state index contributed by atoms with van der Waals surface area (Å²) in [6, 6.07) is 4.02. The maximum absolute atomic E-state index is 12.5.